The summed E-state index contributed by atoms with van der Waals surface area (Å²) in [4.78, 5) is 24.9. The third kappa shape index (κ3) is 5.48. The van der Waals surface area contributed by atoms with Crippen LogP contribution < -0.4 is 4.74 Å². The van der Waals surface area contributed by atoms with Crippen LogP contribution in [0.2, 0.25) is 0 Å². The summed E-state index contributed by atoms with van der Waals surface area (Å²) in [7, 11) is -1.56. The summed E-state index contributed by atoms with van der Waals surface area (Å²) >= 11 is 3.29. The van der Waals surface area contributed by atoms with E-state index in [-0.39, 0.29) is 24.2 Å². The van der Waals surface area contributed by atoms with Gasteiger partial charge in [-0.25, -0.2) is 13.2 Å². The largest absolute Gasteiger partial charge is 0.482 e. The number of ether oxygens (including phenoxy) is 2. The first-order valence-corrected chi connectivity index (χ1v) is 9.88. The molecular formula is C15H18BrNO6S. The summed E-state index contributed by atoms with van der Waals surface area (Å²) in [5.74, 6) is -0.561. The molecule has 1 saturated heterocycles. The van der Waals surface area contributed by atoms with E-state index in [1.165, 1.54) is 11.9 Å². The molecule has 1 aliphatic rings. The Kier molecular flexibility index (Phi) is 6.22. The molecule has 0 N–H and O–H groups in total. The van der Waals surface area contributed by atoms with Crippen molar-refractivity contribution in [3.05, 3.63) is 28.7 Å². The maximum absolute atomic E-state index is 12.0. The first-order chi connectivity index (χ1) is 11.3. The fraction of sp³-hybridized carbons (Fsp3) is 0.467. The van der Waals surface area contributed by atoms with Gasteiger partial charge < -0.3 is 14.4 Å². The molecule has 0 spiro atoms. The van der Waals surface area contributed by atoms with Crippen LogP contribution in [-0.4, -0.2) is 63.0 Å². The Morgan fingerprint density at radius 3 is 2.50 bits per heavy atom. The molecule has 1 fully saturated rings. The molecule has 0 saturated carbocycles. The number of halogens is 1. The van der Waals surface area contributed by atoms with Gasteiger partial charge in [0.2, 0.25) is 0 Å². The Bertz CT molecular complexity index is 703. The van der Waals surface area contributed by atoms with Crippen molar-refractivity contribution in [3.8, 4) is 5.75 Å². The highest BCUT2D eigenvalue weighted by Gasteiger charge is 2.32. The predicted molar refractivity (Wildman–Crippen MR) is 90.4 cm³/mol. The Morgan fingerprint density at radius 1 is 1.25 bits per heavy atom. The van der Waals surface area contributed by atoms with Gasteiger partial charge in [0.1, 0.15) is 5.75 Å². The fourth-order valence-electron chi connectivity index (χ4n) is 2.24. The first-order valence-electron chi connectivity index (χ1n) is 7.27. The van der Waals surface area contributed by atoms with Crippen LogP contribution in [-0.2, 0) is 24.2 Å². The van der Waals surface area contributed by atoms with Crippen molar-refractivity contribution in [3.63, 3.8) is 0 Å². The van der Waals surface area contributed by atoms with Gasteiger partial charge in [-0.3, -0.25) is 4.79 Å². The lowest BCUT2D eigenvalue weighted by Gasteiger charge is -2.23. The van der Waals surface area contributed by atoms with Gasteiger partial charge in [-0.1, -0.05) is 15.9 Å². The SMILES string of the molecule is CN(C(=O)COC(=O)COc1ccc(Br)cc1)C1CCS(=O)(=O)C1. The maximum atomic E-state index is 12.0. The summed E-state index contributed by atoms with van der Waals surface area (Å²) in [6.07, 6.45) is 0.408. The number of nitrogens with zero attached hydrogens (tertiary/aromatic N) is 1. The first kappa shape index (κ1) is 18.7. The molecule has 0 aromatic heterocycles. The van der Waals surface area contributed by atoms with Crippen molar-refractivity contribution in [1.29, 1.82) is 0 Å². The molecule has 1 unspecified atom stereocenters. The number of likely N-dealkylation sites (N-methyl/N-ethyl adjacent to an activating group) is 1. The van der Waals surface area contributed by atoms with Crippen LogP contribution in [0.15, 0.2) is 28.7 Å². The highest BCUT2D eigenvalue weighted by atomic mass is 79.9. The predicted octanol–water partition coefficient (Wildman–Crippen LogP) is 1.02. The van der Waals surface area contributed by atoms with Crippen LogP contribution >= 0.6 is 15.9 Å². The van der Waals surface area contributed by atoms with Crippen LogP contribution in [0.4, 0.5) is 0 Å². The third-order valence-corrected chi connectivity index (χ3v) is 5.96. The Labute approximate surface area is 149 Å². The second-order valence-electron chi connectivity index (χ2n) is 5.46. The van der Waals surface area contributed by atoms with Crippen molar-refractivity contribution in [2.75, 3.05) is 31.8 Å². The van der Waals surface area contributed by atoms with Gasteiger partial charge in [0.05, 0.1) is 11.5 Å². The molecule has 0 aliphatic carbocycles. The molecule has 1 atom stereocenters. The second-order valence-corrected chi connectivity index (χ2v) is 8.61. The molecule has 2 rings (SSSR count). The molecule has 0 radical (unpaired) electrons. The zero-order chi connectivity index (χ0) is 17.7. The minimum Gasteiger partial charge on any atom is -0.482 e. The van der Waals surface area contributed by atoms with Gasteiger partial charge in [0.25, 0.3) is 5.91 Å². The van der Waals surface area contributed by atoms with E-state index >= 15 is 0 Å². The second kappa shape index (κ2) is 7.98. The molecule has 1 heterocycles. The Morgan fingerprint density at radius 2 is 1.92 bits per heavy atom. The molecule has 9 heteroatoms. The van der Waals surface area contributed by atoms with Crippen LogP contribution in [0.25, 0.3) is 0 Å². The van der Waals surface area contributed by atoms with E-state index in [1.807, 2.05) is 0 Å². The number of sulfone groups is 1. The van der Waals surface area contributed by atoms with Crippen molar-refractivity contribution in [2.45, 2.75) is 12.5 Å². The average Bonchev–Trinajstić information content (AvgIpc) is 2.91. The lowest BCUT2D eigenvalue weighted by atomic mass is 10.2. The van der Waals surface area contributed by atoms with E-state index < -0.39 is 28.3 Å². The quantitative estimate of drug-likeness (QED) is 0.639. The summed E-state index contributed by atoms with van der Waals surface area (Å²) < 4.78 is 33.9. The standard InChI is InChI=1S/C15H18BrNO6S/c1-17(12-6-7-24(20,21)10-12)14(18)8-23-15(19)9-22-13-4-2-11(16)3-5-13/h2-5,12H,6-10H2,1H3. The van der Waals surface area contributed by atoms with Gasteiger partial charge in [0.15, 0.2) is 23.1 Å². The van der Waals surface area contributed by atoms with Crippen molar-refractivity contribution >= 4 is 37.6 Å². The highest BCUT2D eigenvalue weighted by molar-refractivity contribution is 9.10. The fourth-order valence-corrected chi connectivity index (χ4v) is 4.28. The van der Waals surface area contributed by atoms with E-state index in [9.17, 15) is 18.0 Å². The molecule has 1 amide bonds. The lowest BCUT2D eigenvalue weighted by molar-refractivity contribution is -0.153. The molecule has 0 bridgehead atoms. The minimum absolute atomic E-state index is 0.0458. The Hall–Kier alpha value is -1.61. The number of amides is 1. The summed E-state index contributed by atoms with van der Waals surface area (Å²) in [5, 5.41) is 0. The molecule has 24 heavy (non-hydrogen) atoms. The van der Waals surface area contributed by atoms with E-state index in [1.54, 1.807) is 24.3 Å². The van der Waals surface area contributed by atoms with Crippen LogP contribution in [0, 0.1) is 0 Å². The smallest absolute Gasteiger partial charge is 0.344 e. The van der Waals surface area contributed by atoms with E-state index in [4.69, 9.17) is 9.47 Å². The topological polar surface area (TPSA) is 90.0 Å². The normalized spacial score (nSPS) is 18.8. The molecule has 1 aromatic rings. The third-order valence-electron chi connectivity index (χ3n) is 3.68. The number of esters is 1. The zero-order valence-corrected chi connectivity index (χ0v) is 15.5. The molecule has 132 valence electrons. The highest BCUT2D eigenvalue weighted by Crippen LogP contribution is 2.17. The van der Waals surface area contributed by atoms with Gasteiger partial charge >= 0.3 is 5.97 Å². The number of benzene rings is 1. The van der Waals surface area contributed by atoms with Crippen molar-refractivity contribution in [2.24, 2.45) is 0 Å². The van der Waals surface area contributed by atoms with Gasteiger partial charge in [-0.05, 0) is 30.7 Å². The lowest BCUT2D eigenvalue weighted by Crippen LogP contribution is -2.40. The van der Waals surface area contributed by atoms with Gasteiger partial charge in [-0.2, -0.15) is 0 Å². The molecule has 1 aliphatic heterocycles. The maximum Gasteiger partial charge on any atom is 0.344 e. The zero-order valence-electron chi connectivity index (χ0n) is 13.1. The van der Waals surface area contributed by atoms with Crippen molar-refractivity contribution < 1.29 is 27.5 Å². The molecular weight excluding hydrogens is 402 g/mol. The number of hydrogen-bond donors (Lipinski definition) is 0. The van der Waals surface area contributed by atoms with E-state index in [0.717, 1.165) is 4.47 Å². The van der Waals surface area contributed by atoms with Gasteiger partial charge in [0, 0.05) is 17.6 Å². The summed E-state index contributed by atoms with van der Waals surface area (Å²) in [6, 6.07) is 6.57. The van der Waals surface area contributed by atoms with Crippen LogP contribution in [0.3, 0.4) is 0 Å². The number of carbonyl (C=O) groups is 2. The van der Waals surface area contributed by atoms with Crippen LogP contribution in [0.1, 0.15) is 6.42 Å². The van der Waals surface area contributed by atoms with Crippen molar-refractivity contribution in [1.82, 2.24) is 4.90 Å². The average molecular weight is 420 g/mol. The number of rotatable bonds is 6. The Balaban J connectivity index is 1.72. The summed E-state index contributed by atoms with van der Waals surface area (Å²) in [6.45, 7) is -0.744. The number of hydrogen-bond acceptors (Lipinski definition) is 6. The van der Waals surface area contributed by atoms with E-state index in [0.29, 0.717) is 12.2 Å². The summed E-state index contributed by atoms with van der Waals surface area (Å²) in [5.41, 5.74) is 0. The van der Waals surface area contributed by atoms with Crippen LogP contribution in [0.5, 0.6) is 5.75 Å². The number of carbonyl (C=O) groups excluding carboxylic acids is 2. The minimum atomic E-state index is -3.07. The monoisotopic (exact) mass is 419 g/mol. The van der Waals surface area contributed by atoms with E-state index in [2.05, 4.69) is 15.9 Å². The van der Waals surface area contributed by atoms with Gasteiger partial charge in [-0.15, -0.1) is 0 Å². The molecule has 7 nitrogen and oxygen atoms in total. The molecule has 1 aromatic carbocycles.